The van der Waals surface area contributed by atoms with Gasteiger partial charge in [0.25, 0.3) is 0 Å². The first-order valence-electron chi connectivity index (χ1n) is 11.2. The number of aromatic amines is 1. The van der Waals surface area contributed by atoms with Crippen molar-refractivity contribution in [2.24, 2.45) is 17.8 Å². The lowest BCUT2D eigenvalue weighted by Crippen LogP contribution is -2.47. The molecule has 1 aromatic carbocycles. The van der Waals surface area contributed by atoms with E-state index in [1.807, 2.05) is 43.4 Å². The maximum atomic E-state index is 14.8. The van der Waals surface area contributed by atoms with E-state index in [0.29, 0.717) is 18.2 Å². The number of rotatable bonds is 5. The van der Waals surface area contributed by atoms with Gasteiger partial charge < -0.3 is 20.3 Å². The molecule has 2 bridgehead atoms. The highest BCUT2D eigenvalue weighted by atomic mass is 19.1. The number of aromatic nitrogens is 3. The quantitative estimate of drug-likeness (QED) is 0.543. The zero-order valence-corrected chi connectivity index (χ0v) is 18.3. The smallest absolute Gasteiger partial charge is 0.308 e. The third kappa shape index (κ3) is 3.57. The van der Waals surface area contributed by atoms with Crippen molar-refractivity contribution in [2.75, 3.05) is 24.3 Å². The summed E-state index contributed by atoms with van der Waals surface area (Å²) in [5.74, 6) is -0.763. The molecular weight excluding hydrogens is 409 g/mol. The van der Waals surface area contributed by atoms with Crippen LogP contribution in [-0.4, -0.2) is 46.2 Å². The number of nitrogens with zero attached hydrogens (tertiary/aromatic N) is 3. The molecule has 0 amide bonds. The Labute approximate surface area is 186 Å². The van der Waals surface area contributed by atoms with Crippen molar-refractivity contribution < 1.29 is 14.3 Å². The Hall–Kier alpha value is -3.16. The van der Waals surface area contributed by atoms with Crippen LogP contribution in [0.25, 0.3) is 22.3 Å². The Balaban J connectivity index is 1.50. The van der Waals surface area contributed by atoms with E-state index in [0.717, 1.165) is 47.8 Å². The third-order valence-corrected chi connectivity index (χ3v) is 7.13. The largest absolute Gasteiger partial charge is 0.481 e. The molecule has 5 rings (SSSR count). The molecule has 2 aromatic heterocycles. The van der Waals surface area contributed by atoms with Gasteiger partial charge in [-0.1, -0.05) is 25.0 Å². The molecule has 0 aliphatic heterocycles. The highest BCUT2D eigenvalue weighted by Gasteiger charge is 2.43. The summed E-state index contributed by atoms with van der Waals surface area (Å²) >= 11 is 0. The standard InChI is InChI=1S/C24H28FN5O2/c1-30(2)19-8-4-7-15-17(11-26-21(15)19)22-27-12-18(25)23(29-22)28-20-14-6-3-5-13(9-14)10-16(20)24(31)32/h4,7-8,11-14,16,20,26H,3,5-6,9-10H2,1-2H3,(H,31,32)(H,27,28,29)/t13?,14?,16-,20-/m0/s1. The molecule has 2 aliphatic rings. The Morgan fingerprint density at radius 2 is 2.12 bits per heavy atom. The lowest BCUT2D eigenvalue weighted by molar-refractivity contribution is -0.145. The summed E-state index contributed by atoms with van der Waals surface area (Å²) in [4.78, 5) is 26.0. The predicted octanol–water partition coefficient (Wildman–Crippen LogP) is 4.52. The summed E-state index contributed by atoms with van der Waals surface area (Å²) in [6.07, 6.45) is 7.79. The molecule has 32 heavy (non-hydrogen) atoms. The summed E-state index contributed by atoms with van der Waals surface area (Å²) in [5, 5.41) is 14.0. The van der Waals surface area contributed by atoms with Gasteiger partial charge in [0.2, 0.25) is 0 Å². The summed E-state index contributed by atoms with van der Waals surface area (Å²) in [6.45, 7) is 0. The van der Waals surface area contributed by atoms with Gasteiger partial charge in [-0.2, -0.15) is 0 Å². The van der Waals surface area contributed by atoms with E-state index < -0.39 is 17.7 Å². The van der Waals surface area contributed by atoms with Crippen molar-refractivity contribution in [2.45, 2.75) is 38.1 Å². The lowest BCUT2D eigenvalue weighted by Gasteiger charge is -2.44. The highest BCUT2D eigenvalue weighted by Crippen LogP contribution is 2.44. The number of carboxylic acid groups (broad SMARTS) is 1. The van der Waals surface area contributed by atoms with Crippen molar-refractivity contribution in [1.29, 1.82) is 0 Å². The molecule has 4 atom stereocenters. The van der Waals surface area contributed by atoms with Gasteiger partial charge in [-0.3, -0.25) is 4.79 Å². The van der Waals surface area contributed by atoms with Crippen molar-refractivity contribution >= 4 is 28.4 Å². The number of fused-ring (bicyclic) bond motifs is 3. The van der Waals surface area contributed by atoms with Gasteiger partial charge in [-0.25, -0.2) is 14.4 Å². The fraction of sp³-hybridized carbons (Fsp3) is 0.458. The minimum atomic E-state index is -0.818. The molecule has 2 unspecified atom stereocenters. The Bertz CT molecular complexity index is 1160. The molecule has 0 saturated heterocycles. The molecule has 2 saturated carbocycles. The zero-order valence-electron chi connectivity index (χ0n) is 18.3. The molecule has 3 N–H and O–H groups in total. The monoisotopic (exact) mass is 437 g/mol. The highest BCUT2D eigenvalue weighted by molar-refractivity contribution is 6.00. The molecular formula is C24H28FN5O2. The number of para-hydroxylation sites is 1. The van der Waals surface area contributed by atoms with Crippen molar-refractivity contribution in [1.82, 2.24) is 15.0 Å². The van der Waals surface area contributed by atoms with E-state index in [2.05, 4.69) is 20.3 Å². The average Bonchev–Trinajstić information content (AvgIpc) is 3.21. The second-order valence-electron chi connectivity index (χ2n) is 9.33. The molecule has 0 spiro atoms. The summed E-state index contributed by atoms with van der Waals surface area (Å²) in [6, 6.07) is 5.65. The van der Waals surface area contributed by atoms with Crippen LogP contribution < -0.4 is 10.2 Å². The first-order valence-corrected chi connectivity index (χ1v) is 11.2. The number of carbonyl (C=O) groups is 1. The minimum Gasteiger partial charge on any atom is -0.481 e. The van der Waals surface area contributed by atoms with E-state index in [-0.39, 0.29) is 17.8 Å². The fourth-order valence-corrected chi connectivity index (χ4v) is 5.63. The van der Waals surface area contributed by atoms with Gasteiger partial charge in [0.15, 0.2) is 17.5 Å². The molecule has 2 aliphatic carbocycles. The Morgan fingerprint density at radius 3 is 2.91 bits per heavy atom. The van der Waals surface area contributed by atoms with Crippen LogP contribution in [0.15, 0.2) is 30.6 Å². The number of H-pyrrole nitrogens is 1. The van der Waals surface area contributed by atoms with E-state index in [9.17, 15) is 14.3 Å². The van der Waals surface area contributed by atoms with E-state index in [1.165, 1.54) is 6.20 Å². The maximum Gasteiger partial charge on any atom is 0.308 e. The lowest BCUT2D eigenvalue weighted by atomic mass is 9.65. The van der Waals surface area contributed by atoms with Crippen LogP contribution in [0.3, 0.4) is 0 Å². The third-order valence-electron chi connectivity index (χ3n) is 7.13. The second-order valence-corrected chi connectivity index (χ2v) is 9.33. The number of benzene rings is 1. The van der Waals surface area contributed by atoms with Crippen molar-refractivity contribution in [3.8, 4) is 11.4 Å². The van der Waals surface area contributed by atoms with Gasteiger partial charge in [0, 0.05) is 37.3 Å². The minimum absolute atomic E-state index is 0.0772. The Morgan fingerprint density at radius 1 is 1.28 bits per heavy atom. The van der Waals surface area contributed by atoms with E-state index in [1.54, 1.807) is 0 Å². The molecule has 3 aromatic rings. The van der Waals surface area contributed by atoms with E-state index >= 15 is 0 Å². The van der Waals surface area contributed by atoms with E-state index in [4.69, 9.17) is 0 Å². The van der Waals surface area contributed by atoms with Crippen LogP contribution in [0.2, 0.25) is 0 Å². The van der Waals surface area contributed by atoms with Crippen LogP contribution in [-0.2, 0) is 4.79 Å². The number of aliphatic carboxylic acids is 1. The summed E-state index contributed by atoms with van der Waals surface area (Å²) in [5.41, 5.74) is 2.77. The first kappa shape index (κ1) is 20.7. The van der Waals surface area contributed by atoms with Crippen molar-refractivity contribution in [3.63, 3.8) is 0 Å². The molecule has 2 heterocycles. The maximum absolute atomic E-state index is 14.8. The summed E-state index contributed by atoms with van der Waals surface area (Å²) < 4.78 is 14.8. The molecule has 8 heteroatoms. The number of carboxylic acids is 1. The van der Waals surface area contributed by atoms with Crippen LogP contribution in [0.5, 0.6) is 0 Å². The molecule has 2 fully saturated rings. The van der Waals surface area contributed by atoms with Crippen LogP contribution in [0, 0.1) is 23.6 Å². The van der Waals surface area contributed by atoms with Gasteiger partial charge in [0.05, 0.1) is 23.3 Å². The number of hydrogen-bond acceptors (Lipinski definition) is 5. The van der Waals surface area contributed by atoms with Gasteiger partial charge in [0.1, 0.15) is 0 Å². The first-order chi connectivity index (χ1) is 15.4. The van der Waals surface area contributed by atoms with Crippen LogP contribution in [0.4, 0.5) is 15.9 Å². The zero-order chi connectivity index (χ0) is 22.4. The fourth-order valence-electron chi connectivity index (χ4n) is 5.63. The van der Waals surface area contributed by atoms with Gasteiger partial charge in [-0.15, -0.1) is 0 Å². The predicted molar refractivity (Wildman–Crippen MR) is 122 cm³/mol. The molecule has 168 valence electrons. The summed E-state index contributed by atoms with van der Waals surface area (Å²) in [7, 11) is 3.95. The molecule has 7 nitrogen and oxygen atoms in total. The number of halogens is 1. The molecule has 0 radical (unpaired) electrons. The van der Waals surface area contributed by atoms with Crippen molar-refractivity contribution in [3.05, 3.63) is 36.4 Å². The van der Waals surface area contributed by atoms with Gasteiger partial charge in [-0.05, 0) is 37.2 Å². The number of nitrogens with one attached hydrogen (secondary N) is 2. The van der Waals surface area contributed by atoms with Crippen LogP contribution >= 0.6 is 0 Å². The normalized spacial score (nSPS) is 25.0. The number of anilines is 2. The number of hydrogen-bond donors (Lipinski definition) is 3. The topological polar surface area (TPSA) is 94.1 Å². The SMILES string of the molecule is CN(C)c1cccc2c(-c3ncc(F)c(N[C@H]4C5CCCC(C5)C[C@@H]4C(=O)O)n3)c[nH]c12. The average molecular weight is 438 g/mol. The Kier molecular flexibility index (Phi) is 5.23. The van der Waals surface area contributed by atoms with Crippen LogP contribution in [0.1, 0.15) is 32.1 Å². The second kappa shape index (κ2) is 8.07. The van der Waals surface area contributed by atoms with Gasteiger partial charge >= 0.3 is 5.97 Å².